The Morgan fingerprint density at radius 2 is 1.29 bits per heavy atom. The highest BCUT2D eigenvalue weighted by atomic mass is 16.2. The Labute approximate surface area is 282 Å². The number of nitrogens with zero attached hydrogens (tertiary/aromatic N) is 2. The van der Waals surface area contributed by atoms with Crippen LogP contribution in [0.1, 0.15) is 55.3 Å². The molecule has 0 radical (unpaired) electrons. The minimum absolute atomic E-state index is 0.0251. The largest absolute Gasteiger partial charge is 0.370 e. The Hall–Kier alpha value is -5.73. The summed E-state index contributed by atoms with van der Waals surface area (Å²) in [6, 6.07) is 43.8. The fourth-order valence-electron chi connectivity index (χ4n) is 5.78. The van der Waals surface area contributed by atoms with Gasteiger partial charge < -0.3 is 27.4 Å². The summed E-state index contributed by atoms with van der Waals surface area (Å²) in [4.78, 5) is 32.9. The lowest BCUT2D eigenvalue weighted by atomic mass is 9.88. The van der Waals surface area contributed by atoms with Crippen LogP contribution in [0.3, 0.4) is 0 Å². The second-order valence-electron chi connectivity index (χ2n) is 11.6. The molecule has 0 bridgehead atoms. The first-order valence-corrected chi connectivity index (χ1v) is 16.1. The van der Waals surface area contributed by atoms with Gasteiger partial charge in [-0.1, -0.05) is 115 Å². The minimum Gasteiger partial charge on any atom is -0.370 e. The molecule has 0 aromatic heterocycles. The number of guanidine groups is 1. The zero-order valence-corrected chi connectivity index (χ0v) is 27.0. The van der Waals surface area contributed by atoms with Crippen LogP contribution in [-0.4, -0.2) is 42.3 Å². The van der Waals surface area contributed by atoms with Crippen LogP contribution in [0.5, 0.6) is 0 Å². The number of rotatable bonds is 14. The number of amides is 2. The first-order valence-electron chi connectivity index (χ1n) is 16.1. The lowest BCUT2D eigenvalue weighted by Crippen LogP contribution is -2.32. The fraction of sp³-hybridized carbons (Fsp3) is 0.175. The van der Waals surface area contributed by atoms with E-state index in [2.05, 4.69) is 58.8 Å². The van der Waals surface area contributed by atoms with E-state index in [4.69, 9.17) is 17.2 Å². The van der Waals surface area contributed by atoms with Crippen molar-refractivity contribution >= 4 is 17.8 Å². The number of nitrogens with one attached hydrogen (secondary N) is 1. The summed E-state index contributed by atoms with van der Waals surface area (Å²) in [6.45, 7) is 2.08. The maximum absolute atomic E-state index is 14.1. The van der Waals surface area contributed by atoms with Gasteiger partial charge in [0.05, 0.1) is 6.54 Å². The van der Waals surface area contributed by atoms with Crippen LogP contribution in [0.15, 0.2) is 138 Å². The quantitative estimate of drug-likeness (QED) is 0.0916. The van der Waals surface area contributed by atoms with Gasteiger partial charge in [0.1, 0.15) is 0 Å². The Morgan fingerprint density at radius 3 is 1.90 bits per heavy atom. The number of hydrogen-bond acceptors (Lipinski definition) is 4. The third-order valence-electron chi connectivity index (χ3n) is 8.26. The topological polar surface area (TPSA) is 140 Å². The lowest BCUT2D eigenvalue weighted by molar-refractivity contribution is 0.0739. The number of carbonyl (C=O) groups excluding carboxylic acids is 2. The maximum Gasteiger partial charge on any atom is 0.254 e. The molecule has 0 spiro atoms. The Balaban J connectivity index is 1.41. The smallest absolute Gasteiger partial charge is 0.254 e. The average molecular weight is 639 g/mol. The van der Waals surface area contributed by atoms with E-state index in [0.717, 1.165) is 28.7 Å². The predicted octanol–water partition coefficient (Wildman–Crippen LogP) is 5.68. The molecule has 7 N–H and O–H groups in total. The van der Waals surface area contributed by atoms with Crippen LogP contribution in [0.2, 0.25) is 0 Å². The Bertz CT molecular complexity index is 1760. The van der Waals surface area contributed by atoms with Gasteiger partial charge in [-0.15, -0.1) is 0 Å². The number of benzene rings is 5. The summed E-state index contributed by atoms with van der Waals surface area (Å²) in [6.07, 6.45) is 0.742. The van der Waals surface area contributed by atoms with Crippen LogP contribution in [0, 0.1) is 0 Å². The highest BCUT2D eigenvalue weighted by molar-refractivity contribution is 6.01. The average Bonchev–Trinajstić information content (AvgIpc) is 3.13. The molecule has 5 aromatic carbocycles. The van der Waals surface area contributed by atoms with E-state index < -0.39 is 0 Å². The van der Waals surface area contributed by atoms with Crippen LogP contribution in [0.4, 0.5) is 0 Å². The van der Waals surface area contributed by atoms with E-state index >= 15 is 0 Å². The van der Waals surface area contributed by atoms with Crippen LogP contribution in [-0.2, 0) is 13.1 Å². The summed E-state index contributed by atoms with van der Waals surface area (Å²) < 4.78 is 0. The van der Waals surface area contributed by atoms with Crippen molar-refractivity contribution in [1.82, 2.24) is 10.2 Å². The van der Waals surface area contributed by atoms with Crippen molar-refractivity contribution in [3.8, 4) is 11.1 Å². The van der Waals surface area contributed by atoms with Gasteiger partial charge in [0.2, 0.25) is 0 Å². The van der Waals surface area contributed by atoms with Gasteiger partial charge in [0.25, 0.3) is 11.8 Å². The molecule has 5 rings (SSSR count). The highest BCUT2D eigenvalue weighted by Gasteiger charge is 2.21. The molecule has 8 nitrogen and oxygen atoms in total. The maximum atomic E-state index is 14.1. The number of nitrogens with two attached hydrogens (primary N) is 3. The molecule has 0 unspecified atom stereocenters. The zero-order valence-electron chi connectivity index (χ0n) is 27.0. The van der Waals surface area contributed by atoms with Crippen molar-refractivity contribution in [3.05, 3.63) is 167 Å². The molecule has 0 fully saturated rings. The van der Waals surface area contributed by atoms with Gasteiger partial charge in [-0.3, -0.25) is 9.59 Å². The molecule has 0 atom stereocenters. The number of aliphatic imine (C=N–C) groups is 1. The third-order valence-corrected chi connectivity index (χ3v) is 8.26. The summed E-state index contributed by atoms with van der Waals surface area (Å²) in [5.74, 6) is -0.0760. The van der Waals surface area contributed by atoms with E-state index in [1.165, 1.54) is 11.1 Å². The molecule has 5 aromatic rings. The van der Waals surface area contributed by atoms with Gasteiger partial charge in [-0.2, -0.15) is 0 Å². The molecule has 244 valence electrons. The minimum atomic E-state index is -0.160. The molecular weight excluding hydrogens is 596 g/mol. The highest BCUT2D eigenvalue weighted by Crippen LogP contribution is 2.29. The van der Waals surface area contributed by atoms with Crippen molar-refractivity contribution in [2.75, 3.05) is 19.6 Å². The second kappa shape index (κ2) is 16.7. The molecule has 0 heterocycles. The molecule has 0 aliphatic heterocycles. The molecule has 2 amide bonds. The third kappa shape index (κ3) is 8.96. The van der Waals surface area contributed by atoms with Crippen molar-refractivity contribution in [3.63, 3.8) is 0 Å². The molecule has 48 heavy (non-hydrogen) atoms. The Morgan fingerprint density at radius 1 is 0.708 bits per heavy atom. The van der Waals surface area contributed by atoms with Gasteiger partial charge in [0.15, 0.2) is 5.96 Å². The molecular formula is C40H42N6O2. The van der Waals surface area contributed by atoms with Crippen LogP contribution >= 0.6 is 0 Å². The SMILES string of the molecule is NCCNC(=O)c1ccccc1-c1ccc(CN(CCC(c2ccccc2)c2ccccc2)C(=O)c2ccc(CN=C(N)N)cc2)cc1. The predicted molar refractivity (Wildman–Crippen MR) is 193 cm³/mol. The van der Waals surface area contributed by atoms with Gasteiger partial charge in [0, 0.05) is 43.2 Å². The number of hydrogen-bond donors (Lipinski definition) is 4. The van der Waals surface area contributed by atoms with Gasteiger partial charge in [-0.25, -0.2) is 4.99 Å². The van der Waals surface area contributed by atoms with Gasteiger partial charge in [-0.05, 0) is 58.0 Å². The Kier molecular flexibility index (Phi) is 11.7. The first kappa shape index (κ1) is 33.6. The van der Waals surface area contributed by atoms with E-state index in [1.54, 1.807) is 0 Å². The molecule has 0 saturated carbocycles. The normalized spacial score (nSPS) is 10.8. The van der Waals surface area contributed by atoms with Crippen molar-refractivity contribution in [2.24, 2.45) is 22.2 Å². The van der Waals surface area contributed by atoms with Crippen LogP contribution < -0.4 is 22.5 Å². The monoisotopic (exact) mass is 638 g/mol. The summed E-state index contributed by atoms with van der Waals surface area (Å²) in [5.41, 5.74) is 23.8. The van der Waals surface area contributed by atoms with Crippen molar-refractivity contribution in [1.29, 1.82) is 0 Å². The van der Waals surface area contributed by atoms with Crippen molar-refractivity contribution in [2.45, 2.75) is 25.4 Å². The molecule has 8 heteroatoms. The summed E-state index contributed by atoms with van der Waals surface area (Å²) in [7, 11) is 0. The van der Waals surface area contributed by atoms with E-state index in [0.29, 0.717) is 43.9 Å². The van der Waals surface area contributed by atoms with E-state index in [1.807, 2.05) is 89.8 Å². The molecule has 0 saturated heterocycles. The van der Waals surface area contributed by atoms with Gasteiger partial charge >= 0.3 is 0 Å². The standard InChI is InChI=1S/C40H42N6O2/c41-24-25-44-38(47)37-14-8-7-13-36(37)33-19-17-30(18-20-33)28-46(39(48)34-21-15-29(16-22-34)27-45-40(42)43)26-23-35(31-9-3-1-4-10-31)32-11-5-2-6-12-32/h1-22,35H,23-28,41H2,(H,44,47)(H4,42,43,45). The fourth-order valence-corrected chi connectivity index (χ4v) is 5.78. The lowest BCUT2D eigenvalue weighted by Gasteiger charge is -2.26. The zero-order chi connectivity index (χ0) is 33.7. The van der Waals surface area contributed by atoms with Crippen molar-refractivity contribution < 1.29 is 9.59 Å². The molecule has 0 aliphatic rings. The molecule has 0 aliphatic carbocycles. The summed E-state index contributed by atoms with van der Waals surface area (Å²) in [5, 5.41) is 2.86. The second-order valence-corrected chi connectivity index (χ2v) is 11.6. The van der Waals surface area contributed by atoms with Crippen LogP contribution in [0.25, 0.3) is 11.1 Å². The first-order chi connectivity index (χ1) is 23.4. The summed E-state index contributed by atoms with van der Waals surface area (Å²) >= 11 is 0. The van der Waals surface area contributed by atoms with E-state index in [9.17, 15) is 9.59 Å². The number of carbonyl (C=O) groups is 2. The van der Waals surface area contributed by atoms with E-state index in [-0.39, 0.29) is 23.7 Å².